The standard InChI is InChI=1S/C13H21N3O2S/c1-10-3-5-11(6-4-10)16-19(17,18)12-7-8-13(14-2)15-9-12/h7-11,16H,3-6H2,1-2H3,(H,14,15). The molecule has 1 saturated carbocycles. The average Bonchev–Trinajstić information content (AvgIpc) is 2.41. The van der Waals surface area contributed by atoms with Crippen LogP contribution in [0.2, 0.25) is 0 Å². The minimum absolute atomic E-state index is 0.0603. The molecule has 0 bridgehead atoms. The van der Waals surface area contributed by atoms with Gasteiger partial charge in [-0.2, -0.15) is 0 Å². The van der Waals surface area contributed by atoms with E-state index >= 15 is 0 Å². The van der Waals surface area contributed by atoms with E-state index in [1.165, 1.54) is 6.20 Å². The van der Waals surface area contributed by atoms with E-state index < -0.39 is 10.0 Å². The minimum Gasteiger partial charge on any atom is -0.373 e. The van der Waals surface area contributed by atoms with Gasteiger partial charge in [0.25, 0.3) is 0 Å². The molecule has 0 aliphatic heterocycles. The molecule has 0 amide bonds. The molecule has 0 radical (unpaired) electrons. The number of pyridine rings is 1. The summed E-state index contributed by atoms with van der Waals surface area (Å²) in [5.41, 5.74) is 0. The normalized spacial score (nSPS) is 24.1. The Morgan fingerprint density at radius 3 is 2.42 bits per heavy atom. The third-order valence-corrected chi connectivity index (χ3v) is 5.15. The van der Waals surface area contributed by atoms with Crippen molar-refractivity contribution in [1.29, 1.82) is 0 Å². The SMILES string of the molecule is CNc1ccc(S(=O)(=O)NC2CCC(C)CC2)cn1. The molecule has 1 fully saturated rings. The summed E-state index contributed by atoms with van der Waals surface area (Å²) in [6.07, 6.45) is 5.40. The van der Waals surface area contributed by atoms with Gasteiger partial charge in [-0.15, -0.1) is 0 Å². The Labute approximate surface area is 114 Å². The third-order valence-electron chi connectivity index (χ3n) is 3.64. The predicted molar refractivity (Wildman–Crippen MR) is 75.5 cm³/mol. The smallest absolute Gasteiger partial charge is 0.242 e. The van der Waals surface area contributed by atoms with Gasteiger partial charge >= 0.3 is 0 Å². The van der Waals surface area contributed by atoms with E-state index in [0.29, 0.717) is 11.7 Å². The monoisotopic (exact) mass is 283 g/mol. The van der Waals surface area contributed by atoms with E-state index in [-0.39, 0.29) is 10.9 Å². The molecule has 106 valence electrons. The summed E-state index contributed by atoms with van der Waals surface area (Å²) in [5, 5.41) is 2.87. The zero-order chi connectivity index (χ0) is 13.9. The largest absolute Gasteiger partial charge is 0.373 e. The van der Waals surface area contributed by atoms with E-state index in [1.807, 2.05) is 0 Å². The highest BCUT2D eigenvalue weighted by Crippen LogP contribution is 2.24. The fourth-order valence-electron chi connectivity index (χ4n) is 2.35. The summed E-state index contributed by atoms with van der Waals surface area (Å²) in [7, 11) is -1.69. The number of sulfonamides is 1. The summed E-state index contributed by atoms with van der Waals surface area (Å²) >= 11 is 0. The first-order valence-corrected chi connectivity index (χ1v) is 8.15. The molecule has 1 aromatic heterocycles. The van der Waals surface area contributed by atoms with Gasteiger partial charge in [0.1, 0.15) is 10.7 Å². The summed E-state index contributed by atoms with van der Waals surface area (Å²) in [6, 6.07) is 3.30. The van der Waals surface area contributed by atoms with Crippen LogP contribution in [0, 0.1) is 5.92 Å². The lowest BCUT2D eigenvalue weighted by atomic mass is 9.88. The van der Waals surface area contributed by atoms with Crippen LogP contribution in [0.4, 0.5) is 5.82 Å². The number of hydrogen-bond donors (Lipinski definition) is 2. The number of rotatable bonds is 4. The molecule has 0 saturated heterocycles. The lowest BCUT2D eigenvalue weighted by molar-refractivity contribution is 0.332. The molecule has 2 N–H and O–H groups in total. The second-order valence-corrected chi connectivity index (χ2v) is 6.92. The van der Waals surface area contributed by atoms with Crippen LogP contribution >= 0.6 is 0 Å². The van der Waals surface area contributed by atoms with E-state index in [2.05, 4.69) is 21.9 Å². The molecule has 1 aliphatic carbocycles. The van der Waals surface area contributed by atoms with Crippen LogP contribution in [-0.2, 0) is 10.0 Å². The Balaban J connectivity index is 2.05. The van der Waals surface area contributed by atoms with Gasteiger partial charge in [-0.3, -0.25) is 0 Å². The topological polar surface area (TPSA) is 71.1 Å². The maximum absolute atomic E-state index is 12.2. The molecule has 0 atom stereocenters. The van der Waals surface area contributed by atoms with Crippen molar-refractivity contribution in [2.75, 3.05) is 12.4 Å². The second kappa shape index (κ2) is 5.88. The second-order valence-electron chi connectivity index (χ2n) is 5.21. The summed E-state index contributed by atoms with van der Waals surface area (Å²) in [5.74, 6) is 1.36. The number of anilines is 1. The maximum Gasteiger partial charge on any atom is 0.242 e. The number of aromatic nitrogens is 1. The molecule has 19 heavy (non-hydrogen) atoms. The number of nitrogens with zero attached hydrogens (tertiary/aromatic N) is 1. The minimum atomic E-state index is -3.44. The molecule has 5 nitrogen and oxygen atoms in total. The maximum atomic E-state index is 12.2. The van der Waals surface area contributed by atoms with Crippen LogP contribution in [0.3, 0.4) is 0 Å². The molecule has 0 spiro atoms. The summed E-state index contributed by atoms with van der Waals surface area (Å²) in [4.78, 5) is 4.27. The lowest BCUT2D eigenvalue weighted by Gasteiger charge is -2.26. The third kappa shape index (κ3) is 3.67. The van der Waals surface area contributed by atoms with Gasteiger partial charge in [0.2, 0.25) is 10.0 Å². The van der Waals surface area contributed by atoms with Gasteiger partial charge in [0.05, 0.1) is 0 Å². The molecular formula is C13H21N3O2S. The van der Waals surface area contributed by atoms with E-state index in [0.717, 1.165) is 25.7 Å². The van der Waals surface area contributed by atoms with Crippen molar-refractivity contribution in [2.45, 2.75) is 43.5 Å². The van der Waals surface area contributed by atoms with Crippen LogP contribution in [0.15, 0.2) is 23.2 Å². The van der Waals surface area contributed by atoms with Gasteiger partial charge in [-0.25, -0.2) is 18.1 Å². The lowest BCUT2D eigenvalue weighted by Crippen LogP contribution is -2.37. The predicted octanol–water partition coefficient (Wildman–Crippen LogP) is 1.98. The van der Waals surface area contributed by atoms with E-state index in [4.69, 9.17) is 0 Å². The highest BCUT2D eigenvalue weighted by Gasteiger charge is 2.24. The van der Waals surface area contributed by atoms with E-state index in [1.54, 1.807) is 19.2 Å². The van der Waals surface area contributed by atoms with Crippen molar-refractivity contribution in [2.24, 2.45) is 5.92 Å². The molecule has 2 rings (SSSR count). The molecule has 1 heterocycles. The molecule has 6 heteroatoms. The molecule has 0 unspecified atom stereocenters. The Kier molecular flexibility index (Phi) is 4.42. The van der Waals surface area contributed by atoms with Gasteiger partial charge < -0.3 is 5.32 Å². The Bertz CT molecular complexity index is 505. The van der Waals surface area contributed by atoms with Crippen LogP contribution in [0.1, 0.15) is 32.6 Å². The Morgan fingerprint density at radius 2 is 1.89 bits per heavy atom. The van der Waals surface area contributed by atoms with Crippen molar-refractivity contribution in [3.8, 4) is 0 Å². The van der Waals surface area contributed by atoms with Crippen molar-refractivity contribution < 1.29 is 8.42 Å². The molecular weight excluding hydrogens is 262 g/mol. The van der Waals surface area contributed by atoms with Gasteiger partial charge in [-0.1, -0.05) is 6.92 Å². The van der Waals surface area contributed by atoms with Crippen LogP contribution in [-0.4, -0.2) is 26.5 Å². The zero-order valence-electron chi connectivity index (χ0n) is 11.4. The van der Waals surface area contributed by atoms with Gasteiger partial charge in [0.15, 0.2) is 0 Å². The van der Waals surface area contributed by atoms with Gasteiger partial charge in [0, 0.05) is 19.3 Å². The quantitative estimate of drug-likeness (QED) is 0.886. The number of nitrogens with one attached hydrogen (secondary N) is 2. The fourth-order valence-corrected chi connectivity index (χ4v) is 3.60. The summed E-state index contributed by atoms with van der Waals surface area (Å²) in [6.45, 7) is 2.21. The van der Waals surface area contributed by atoms with Crippen LogP contribution in [0.5, 0.6) is 0 Å². The molecule has 0 aromatic carbocycles. The first kappa shape index (κ1) is 14.3. The first-order valence-electron chi connectivity index (χ1n) is 6.67. The highest BCUT2D eigenvalue weighted by atomic mass is 32.2. The summed E-state index contributed by atoms with van der Waals surface area (Å²) < 4.78 is 27.2. The fraction of sp³-hybridized carbons (Fsp3) is 0.615. The van der Waals surface area contributed by atoms with Crippen molar-refractivity contribution in [3.63, 3.8) is 0 Å². The van der Waals surface area contributed by atoms with Crippen molar-refractivity contribution in [1.82, 2.24) is 9.71 Å². The Hall–Kier alpha value is -1.14. The van der Waals surface area contributed by atoms with Crippen molar-refractivity contribution >= 4 is 15.8 Å². The Morgan fingerprint density at radius 1 is 1.21 bits per heavy atom. The van der Waals surface area contributed by atoms with Gasteiger partial charge in [-0.05, 0) is 43.7 Å². The van der Waals surface area contributed by atoms with E-state index in [9.17, 15) is 8.42 Å². The number of hydrogen-bond acceptors (Lipinski definition) is 4. The van der Waals surface area contributed by atoms with Crippen LogP contribution in [0.25, 0.3) is 0 Å². The molecule has 1 aromatic rings. The van der Waals surface area contributed by atoms with Crippen LogP contribution < -0.4 is 10.0 Å². The van der Waals surface area contributed by atoms with Crippen molar-refractivity contribution in [3.05, 3.63) is 18.3 Å². The zero-order valence-corrected chi connectivity index (χ0v) is 12.2. The highest BCUT2D eigenvalue weighted by molar-refractivity contribution is 7.89. The first-order chi connectivity index (χ1) is 9.01. The molecule has 1 aliphatic rings. The average molecular weight is 283 g/mol.